The first kappa shape index (κ1) is 16.3. The van der Waals surface area contributed by atoms with Crippen molar-refractivity contribution in [3.63, 3.8) is 0 Å². The van der Waals surface area contributed by atoms with E-state index < -0.39 is 0 Å². The third-order valence-electron chi connectivity index (χ3n) is 4.34. The number of hydrogen-bond acceptors (Lipinski definition) is 2. The summed E-state index contributed by atoms with van der Waals surface area (Å²) in [7, 11) is 0. The van der Waals surface area contributed by atoms with Crippen LogP contribution in [0.4, 0.5) is 0 Å². The van der Waals surface area contributed by atoms with Crippen molar-refractivity contribution >= 4 is 11.3 Å². The molecule has 0 amide bonds. The van der Waals surface area contributed by atoms with Gasteiger partial charge in [0, 0.05) is 22.3 Å². The van der Waals surface area contributed by atoms with Crippen LogP contribution in [0.15, 0.2) is 36.4 Å². The maximum Gasteiger partial charge on any atom is 0.0351 e. The lowest BCUT2D eigenvalue weighted by Gasteiger charge is -2.27. The van der Waals surface area contributed by atoms with Crippen LogP contribution in [-0.4, -0.2) is 0 Å². The summed E-state index contributed by atoms with van der Waals surface area (Å²) in [5, 5.41) is 3.82. The number of hydrogen-bond donors (Lipinski definition) is 1. The predicted octanol–water partition coefficient (Wildman–Crippen LogP) is 5.63. The Kier molecular flexibility index (Phi) is 6.01. The van der Waals surface area contributed by atoms with E-state index >= 15 is 0 Å². The molecule has 0 saturated heterocycles. The molecule has 0 aliphatic rings. The highest BCUT2D eigenvalue weighted by molar-refractivity contribution is 7.12. The van der Waals surface area contributed by atoms with Gasteiger partial charge in [-0.1, -0.05) is 57.0 Å². The molecule has 1 aromatic carbocycles. The number of aryl methyl sites for hydroxylation is 2. The molecule has 1 aromatic heterocycles. The molecular formula is C19H27NS. The van der Waals surface area contributed by atoms with Crippen molar-refractivity contribution in [2.45, 2.75) is 53.1 Å². The number of benzene rings is 1. The number of nitrogens with one attached hydrogen (secondary N) is 1. The van der Waals surface area contributed by atoms with Gasteiger partial charge in [-0.05, 0) is 37.0 Å². The quantitative estimate of drug-likeness (QED) is 0.698. The molecule has 0 aliphatic carbocycles. The Balaban J connectivity index is 2.14. The van der Waals surface area contributed by atoms with E-state index in [4.69, 9.17) is 0 Å². The van der Waals surface area contributed by atoms with Crippen LogP contribution in [0.5, 0.6) is 0 Å². The van der Waals surface area contributed by atoms with Gasteiger partial charge in [-0.3, -0.25) is 0 Å². The molecule has 0 fully saturated rings. The third-order valence-corrected chi connectivity index (χ3v) is 5.34. The Morgan fingerprint density at radius 1 is 1.05 bits per heavy atom. The maximum absolute atomic E-state index is 3.82. The lowest BCUT2D eigenvalue weighted by Crippen LogP contribution is -2.27. The number of thiophene rings is 1. The van der Waals surface area contributed by atoms with Gasteiger partial charge in [0.1, 0.15) is 0 Å². The fourth-order valence-electron chi connectivity index (χ4n) is 3.06. The zero-order valence-electron chi connectivity index (χ0n) is 13.6. The highest BCUT2D eigenvalue weighted by Crippen LogP contribution is 2.28. The van der Waals surface area contributed by atoms with Crippen molar-refractivity contribution in [3.05, 3.63) is 57.3 Å². The monoisotopic (exact) mass is 301 g/mol. The van der Waals surface area contributed by atoms with Gasteiger partial charge in [0.2, 0.25) is 0 Å². The molecule has 0 aliphatic heterocycles. The molecule has 1 N–H and O–H groups in total. The lowest BCUT2D eigenvalue weighted by atomic mass is 9.88. The zero-order valence-corrected chi connectivity index (χ0v) is 14.5. The Morgan fingerprint density at radius 3 is 2.24 bits per heavy atom. The SMILES string of the molecule is CCC(CC)C(NCc1cc(C)sc1C)c1ccccc1. The molecule has 0 saturated carbocycles. The van der Waals surface area contributed by atoms with Gasteiger partial charge in [-0.25, -0.2) is 0 Å². The molecule has 2 heteroatoms. The smallest absolute Gasteiger partial charge is 0.0351 e. The maximum atomic E-state index is 3.82. The molecule has 0 bridgehead atoms. The van der Waals surface area contributed by atoms with Crippen LogP contribution in [0.25, 0.3) is 0 Å². The third kappa shape index (κ3) is 4.18. The lowest BCUT2D eigenvalue weighted by molar-refractivity contribution is 0.339. The van der Waals surface area contributed by atoms with Crippen LogP contribution in [-0.2, 0) is 6.54 Å². The fraction of sp³-hybridized carbons (Fsp3) is 0.474. The van der Waals surface area contributed by atoms with E-state index in [2.05, 4.69) is 69.4 Å². The van der Waals surface area contributed by atoms with E-state index in [-0.39, 0.29) is 0 Å². The van der Waals surface area contributed by atoms with Crippen molar-refractivity contribution < 1.29 is 0 Å². The van der Waals surface area contributed by atoms with E-state index in [0.29, 0.717) is 12.0 Å². The molecule has 114 valence electrons. The Labute approximate surface area is 133 Å². The summed E-state index contributed by atoms with van der Waals surface area (Å²) in [6.45, 7) is 9.98. The topological polar surface area (TPSA) is 12.0 Å². The van der Waals surface area contributed by atoms with Crippen LogP contribution in [0.3, 0.4) is 0 Å². The molecule has 1 atom stereocenters. The highest BCUT2D eigenvalue weighted by Gasteiger charge is 2.20. The van der Waals surface area contributed by atoms with Gasteiger partial charge in [0.05, 0.1) is 0 Å². The van der Waals surface area contributed by atoms with Gasteiger partial charge in [-0.15, -0.1) is 11.3 Å². The van der Waals surface area contributed by atoms with E-state index in [0.717, 1.165) is 6.54 Å². The summed E-state index contributed by atoms with van der Waals surface area (Å²) in [6.07, 6.45) is 2.43. The number of rotatable bonds is 7. The molecule has 21 heavy (non-hydrogen) atoms. The Bertz CT molecular complexity index is 540. The van der Waals surface area contributed by atoms with Crippen molar-refractivity contribution in [3.8, 4) is 0 Å². The Hall–Kier alpha value is -1.12. The zero-order chi connectivity index (χ0) is 15.2. The average molecular weight is 301 g/mol. The largest absolute Gasteiger partial charge is 0.306 e. The summed E-state index contributed by atoms with van der Waals surface area (Å²) in [5.74, 6) is 0.687. The second-order valence-corrected chi connectivity index (χ2v) is 7.24. The minimum absolute atomic E-state index is 0.445. The van der Waals surface area contributed by atoms with Gasteiger partial charge < -0.3 is 5.32 Å². The van der Waals surface area contributed by atoms with E-state index in [1.165, 1.54) is 33.7 Å². The summed E-state index contributed by atoms with van der Waals surface area (Å²) < 4.78 is 0. The van der Waals surface area contributed by atoms with Crippen molar-refractivity contribution in [2.75, 3.05) is 0 Å². The van der Waals surface area contributed by atoms with Crippen molar-refractivity contribution in [2.24, 2.45) is 5.92 Å². The fourth-order valence-corrected chi connectivity index (χ4v) is 4.00. The molecule has 1 nitrogen and oxygen atoms in total. The van der Waals surface area contributed by atoms with Gasteiger partial charge >= 0.3 is 0 Å². The second-order valence-electron chi connectivity index (χ2n) is 5.78. The summed E-state index contributed by atoms with van der Waals surface area (Å²) >= 11 is 1.90. The van der Waals surface area contributed by atoms with E-state index in [1.807, 2.05) is 11.3 Å². The minimum atomic E-state index is 0.445. The highest BCUT2D eigenvalue weighted by atomic mass is 32.1. The van der Waals surface area contributed by atoms with E-state index in [1.54, 1.807) is 0 Å². The molecule has 0 spiro atoms. The predicted molar refractivity (Wildman–Crippen MR) is 93.9 cm³/mol. The van der Waals surface area contributed by atoms with Crippen LogP contribution in [0.1, 0.15) is 53.6 Å². The summed E-state index contributed by atoms with van der Waals surface area (Å²) in [6, 6.07) is 13.7. The van der Waals surface area contributed by atoms with Gasteiger partial charge in [0.25, 0.3) is 0 Å². The van der Waals surface area contributed by atoms with E-state index in [9.17, 15) is 0 Å². The van der Waals surface area contributed by atoms with Gasteiger partial charge in [-0.2, -0.15) is 0 Å². The molecule has 1 heterocycles. The normalized spacial score (nSPS) is 12.8. The molecule has 2 rings (SSSR count). The van der Waals surface area contributed by atoms with Crippen molar-refractivity contribution in [1.82, 2.24) is 5.32 Å². The standard InChI is InChI=1S/C19H27NS/c1-5-16(6-2)19(17-10-8-7-9-11-17)20-13-18-12-14(3)21-15(18)4/h7-12,16,19-20H,5-6,13H2,1-4H3. The minimum Gasteiger partial charge on any atom is -0.306 e. The molecule has 2 aromatic rings. The van der Waals surface area contributed by atoms with Crippen LogP contribution >= 0.6 is 11.3 Å². The summed E-state index contributed by atoms with van der Waals surface area (Å²) in [4.78, 5) is 2.85. The second kappa shape index (κ2) is 7.77. The first-order valence-electron chi connectivity index (χ1n) is 7.99. The first-order chi connectivity index (χ1) is 10.2. The average Bonchev–Trinajstić information content (AvgIpc) is 2.82. The molecular weight excluding hydrogens is 274 g/mol. The van der Waals surface area contributed by atoms with Crippen molar-refractivity contribution in [1.29, 1.82) is 0 Å². The summed E-state index contributed by atoms with van der Waals surface area (Å²) in [5.41, 5.74) is 2.86. The Morgan fingerprint density at radius 2 is 1.71 bits per heavy atom. The molecule has 0 radical (unpaired) electrons. The van der Waals surface area contributed by atoms with Gasteiger partial charge in [0.15, 0.2) is 0 Å². The van der Waals surface area contributed by atoms with Crippen LogP contribution in [0, 0.1) is 19.8 Å². The van der Waals surface area contributed by atoms with Crippen LogP contribution < -0.4 is 5.32 Å². The first-order valence-corrected chi connectivity index (χ1v) is 8.81. The molecule has 1 unspecified atom stereocenters. The van der Waals surface area contributed by atoms with Crippen LogP contribution in [0.2, 0.25) is 0 Å².